The van der Waals surface area contributed by atoms with Gasteiger partial charge in [0.25, 0.3) is 0 Å². The van der Waals surface area contributed by atoms with Crippen LogP contribution in [0.2, 0.25) is 0 Å². The maximum atomic E-state index is 12.6. The van der Waals surface area contributed by atoms with E-state index in [-0.39, 0.29) is 0 Å². The standard InChI is InChI=1S/C16H18O2S3/c1-3-19-13-5-9-15(10-6-13)21(17,18)16-11-7-14(8-12-16)20-4-2/h5-12H,3-4H2,1-2H3. The summed E-state index contributed by atoms with van der Waals surface area (Å²) >= 11 is 3.40. The minimum absolute atomic E-state index is 0.346. The number of thioether (sulfide) groups is 2. The topological polar surface area (TPSA) is 34.1 Å². The summed E-state index contributed by atoms with van der Waals surface area (Å²) in [5.74, 6) is 1.95. The molecule has 2 nitrogen and oxygen atoms in total. The zero-order valence-electron chi connectivity index (χ0n) is 12.1. The van der Waals surface area contributed by atoms with E-state index in [2.05, 4.69) is 13.8 Å². The van der Waals surface area contributed by atoms with Crippen molar-refractivity contribution in [2.75, 3.05) is 11.5 Å². The molecule has 0 heterocycles. The number of benzene rings is 2. The lowest BCUT2D eigenvalue weighted by atomic mass is 10.4. The molecule has 2 aromatic carbocycles. The van der Waals surface area contributed by atoms with Crippen molar-refractivity contribution < 1.29 is 8.42 Å². The van der Waals surface area contributed by atoms with Gasteiger partial charge in [-0.1, -0.05) is 13.8 Å². The predicted octanol–water partition coefficient (Wildman–Crippen LogP) is 4.74. The van der Waals surface area contributed by atoms with Crippen molar-refractivity contribution in [3.63, 3.8) is 0 Å². The third kappa shape index (κ3) is 4.05. The highest BCUT2D eigenvalue weighted by molar-refractivity contribution is 7.99. The van der Waals surface area contributed by atoms with Gasteiger partial charge in [-0.3, -0.25) is 0 Å². The van der Waals surface area contributed by atoms with Crippen molar-refractivity contribution in [2.24, 2.45) is 0 Å². The van der Waals surface area contributed by atoms with Crippen LogP contribution in [0, 0.1) is 0 Å². The van der Waals surface area contributed by atoms with Crippen LogP contribution in [-0.2, 0) is 9.84 Å². The summed E-state index contributed by atoms with van der Waals surface area (Å²) < 4.78 is 25.1. The number of rotatable bonds is 6. The maximum Gasteiger partial charge on any atom is 0.206 e. The molecule has 0 bridgehead atoms. The van der Waals surface area contributed by atoms with E-state index in [9.17, 15) is 8.42 Å². The first-order chi connectivity index (χ1) is 10.1. The molecule has 112 valence electrons. The summed E-state index contributed by atoms with van der Waals surface area (Å²) in [4.78, 5) is 2.87. The van der Waals surface area contributed by atoms with Crippen LogP contribution in [0.1, 0.15) is 13.8 Å². The van der Waals surface area contributed by atoms with Crippen LogP contribution in [0.3, 0.4) is 0 Å². The minimum atomic E-state index is -3.42. The van der Waals surface area contributed by atoms with Crippen LogP contribution in [0.5, 0.6) is 0 Å². The molecule has 0 aliphatic heterocycles. The fourth-order valence-corrected chi connectivity index (χ4v) is 4.48. The first kappa shape index (κ1) is 16.5. The first-order valence-electron chi connectivity index (χ1n) is 6.78. The SMILES string of the molecule is CCSc1ccc(S(=O)(=O)c2ccc(SCC)cc2)cc1. The lowest BCUT2D eigenvalue weighted by Gasteiger charge is -2.07. The van der Waals surface area contributed by atoms with E-state index < -0.39 is 9.84 Å². The zero-order chi connectivity index (χ0) is 15.3. The van der Waals surface area contributed by atoms with Crippen LogP contribution in [-0.4, -0.2) is 19.9 Å². The highest BCUT2D eigenvalue weighted by Gasteiger charge is 2.17. The summed E-state index contributed by atoms with van der Waals surface area (Å²) in [7, 11) is -3.42. The van der Waals surface area contributed by atoms with Crippen LogP contribution in [0.4, 0.5) is 0 Å². The maximum absolute atomic E-state index is 12.6. The summed E-state index contributed by atoms with van der Waals surface area (Å²) in [6.45, 7) is 4.15. The lowest BCUT2D eigenvalue weighted by molar-refractivity contribution is 0.596. The predicted molar refractivity (Wildman–Crippen MR) is 91.1 cm³/mol. The molecule has 0 aliphatic rings. The molecule has 0 fully saturated rings. The summed E-state index contributed by atoms with van der Waals surface area (Å²) in [5, 5.41) is 0. The Hall–Kier alpha value is -0.910. The van der Waals surface area contributed by atoms with Gasteiger partial charge in [-0.15, -0.1) is 23.5 Å². The molecule has 0 unspecified atom stereocenters. The first-order valence-corrected chi connectivity index (χ1v) is 10.2. The Labute approximate surface area is 135 Å². The smallest absolute Gasteiger partial charge is 0.206 e. The Morgan fingerprint density at radius 1 is 0.714 bits per heavy atom. The molecule has 0 saturated heterocycles. The third-order valence-electron chi connectivity index (χ3n) is 2.89. The van der Waals surface area contributed by atoms with Crippen LogP contribution in [0.15, 0.2) is 68.1 Å². The van der Waals surface area contributed by atoms with Crippen molar-refractivity contribution in [1.82, 2.24) is 0 Å². The van der Waals surface area contributed by atoms with Gasteiger partial charge in [0.05, 0.1) is 9.79 Å². The second-order valence-electron chi connectivity index (χ2n) is 4.31. The molecule has 0 amide bonds. The molecule has 0 radical (unpaired) electrons. The van der Waals surface area contributed by atoms with E-state index in [1.165, 1.54) is 0 Å². The second kappa shape index (κ2) is 7.38. The molecule has 2 aromatic rings. The van der Waals surface area contributed by atoms with E-state index in [4.69, 9.17) is 0 Å². The van der Waals surface area contributed by atoms with E-state index in [1.54, 1.807) is 47.8 Å². The monoisotopic (exact) mass is 338 g/mol. The fourth-order valence-electron chi connectivity index (χ4n) is 1.90. The molecule has 0 N–H and O–H groups in total. The summed E-state index contributed by atoms with van der Waals surface area (Å²) in [6.07, 6.45) is 0. The van der Waals surface area contributed by atoms with E-state index >= 15 is 0 Å². The second-order valence-corrected chi connectivity index (χ2v) is 8.94. The largest absolute Gasteiger partial charge is 0.219 e. The van der Waals surface area contributed by atoms with Crippen molar-refractivity contribution in [2.45, 2.75) is 33.4 Å². The third-order valence-corrected chi connectivity index (χ3v) is 6.46. The molecule has 5 heteroatoms. The van der Waals surface area contributed by atoms with E-state index in [0.717, 1.165) is 21.3 Å². The number of hydrogen-bond donors (Lipinski definition) is 0. The molecular formula is C16H18O2S3. The Balaban J connectivity index is 2.28. The Kier molecular flexibility index (Phi) is 5.79. The summed E-state index contributed by atoms with van der Waals surface area (Å²) in [5.41, 5.74) is 0. The van der Waals surface area contributed by atoms with Gasteiger partial charge >= 0.3 is 0 Å². The van der Waals surface area contributed by atoms with E-state index in [0.29, 0.717) is 9.79 Å². The van der Waals surface area contributed by atoms with Gasteiger partial charge in [0.2, 0.25) is 9.84 Å². The molecule has 0 spiro atoms. The van der Waals surface area contributed by atoms with Crippen molar-refractivity contribution in [3.05, 3.63) is 48.5 Å². The molecule has 0 aromatic heterocycles. The molecule has 0 saturated carbocycles. The van der Waals surface area contributed by atoms with Gasteiger partial charge in [-0.2, -0.15) is 0 Å². The minimum Gasteiger partial charge on any atom is -0.219 e. The quantitative estimate of drug-likeness (QED) is 0.712. The summed E-state index contributed by atoms with van der Waals surface area (Å²) in [6, 6.07) is 14.2. The molecule has 0 aliphatic carbocycles. The molecule has 21 heavy (non-hydrogen) atoms. The van der Waals surface area contributed by atoms with Gasteiger partial charge in [-0.05, 0) is 60.0 Å². The van der Waals surface area contributed by atoms with Crippen LogP contribution in [0.25, 0.3) is 0 Å². The average molecular weight is 339 g/mol. The fraction of sp³-hybridized carbons (Fsp3) is 0.250. The molecule has 2 rings (SSSR count). The van der Waals surface area contributed by atoms with Gasteiger partial charge in [0, 0.05) is 9.79 Å². The highest BCUT2D eigenvalue weighted by atomic mass is 32.2. The van der Waals surface area contributed by atoms with Gasteiger partial charge in [0.15, 0.2) is 0 Å². The molecule has 0 atom stereocenters. The lowest BCUT2D eigenvalue weighted by Crippen LogP contribution is -2.01. The molecular weight excluding hydrogens is 320 g/mol. The van der Waals surface area contributed by atoms with E-state index in [1.807, 2.05) is 24.3 Å². The Morgan fingerprint density at radius 2 is 1.05 bits per heavy atom. The number of hydrogen-bond acceptors (Lipinski definition) is 4. The number of sulfone groups is 1. The van der Waals surface area contributed by atoms with Gasteiger partial charge in [0.1, 0.15) is 0 Å². The zero-order valence-corrected chi connectivity index (χ0v) is 14.5. The highest BCUT2D eigenvalue weighted by Crippen LogP contribution is 2.26. The normalized spacial score (nSPS) is 11.5. The average Bonchev–Trinajstić information content (AvgIpc) is 2.49. The van der Waals surface area contributed by atoms with Crippen molar-refractivity contribution in [1.29, 1.82) is 0 Å². The van der Waals surface area contributed by atoms with Crippen molar-refractivity contribution in [3.8, 4) is 0 Å². The van der Waals surface area contributed by atoms with Crippen molar-refractivity contribution >= 4 is 33.4 Å². The van der Waals surface area contributed by atoms with Gasteiger partial charge in [-0.25, -0.2) is 8.42 Å². The Bertz CT molecular complexity index is 619. The van der Waals surface area contributed by atoms with Gasteiger partial charge < -0.3 is 0 Å². The van der Waals surface area contributed by atoms with Crippen LogP contribution >= 0.6 is 23.5 Å². The Morgan fingerprint density at radius 3 is 1.33 bits per heavy atom. The van der Waals surface area contributed by atoms with Crippen LogP contribution < -0.4 is 0 Å².